The minimum atomic E-state index is 0.210. The molecule has 0 aromatic heterocycles. The summed E-state index contributed by atoms with van der Waals surface area (Å²) in [5.41, 5.74) is 1.98. The van der Waals surface area contributed by atoms with Crippen molar-refractivity contribution in [2.24, 2.45) is 17.8 Å². The Morgan fingerprint density at radius 1 is 1.37 bits per heavy atom. The Balaban J connectivity index is 1.64. The second-order valence-corrected chi connectivity index (χ2v) is 5.90. The van der Waals surface area contributed by atoms with Gasteiger partial charge in [-0.25, -0.2) is 0 Å². The maximum Gasteiger partial charge on any atom is 0.227 e. The molecule has 1 aromatic rings. The van der Waals surface area contributed by atoms with Crippen LogP contribution in [0.1, 0.15) is 31.2 Å². The maximum absolute atomic E-state index is 12.3. The summed E-state index contributed by atoms with van der Waals surface area (Å²) in [5.74, 6) is 1.89. The van der Waals surface area contributed by atoms with E-state index in [9.17, 15) is 4.79 Å². The molecule has 2 aliphatic carbocycles. The van der Waals surface area contributed by atoms with Crippen LogP contribution in [0.25, 0.3) is 0 Å². The van der Waals surface area contributed by atoms with E-state index in [0.29, 0.717) is 12.5 Å². The van der Waals surface area contributed by atoms with E-state index in [1.807, 2.05) is 24.3 Å². The lowest BCUT2D eigenvalue weighted by molar-refractivity contribution is -0.121. The van der Waals surface area contributed by atoms with Crippen LogP contribution in [-0.4, -0.2) is 13.0 Å². The number of carbonyl (C=O) groups excluding carboxylic acids is 1. The SMILES string of the molecule is COCc1cccc(NC(=O)C2CC3CCC2C3)c1. The fourth-order valence-corrected chi connectivity index (χ4v) is 3.71. The van der Waals surface area contributed by atoms with Gasteiger partial charge in [0.05, 0.1) is 6.61 Å². The van der Waals surface area contributed by atoms with Crippen LogP contribution in [0.15, 0.2) is 24.3 Å². The molecule has 3 atom stereocenters. The molecule has 0 radical (unpaired) electrons. The number of anilines is 1. The summed E-state index contributed by atoms with van der Waals surface area (Å²) in [6.45, 7) is 0.581. The summed E-state index contributed by atoms with van der Waals surface area (Å²) in [5, 5.41) is 3.07. The number of carbonyl (C=O) groups is 1. The van der Waals surface area contributed by atoms with Crippen LogP contribution in [0.5, 0.6) is 0 Å². The van der Waals surface area contributed by atoms with E-state index in [1.165, 1.54) is 19.3 Å². The van der Waals surface area contributed by atoms with E-state index in [1.54, 1.807) is 7.11 Å². The summed E-state index contributed by atoms with van der Waals surface area (Å²) in [6.07, 6.45) is 4.93. The van der Waals surface area contributed by atoms with Gasteiger partial charge in [-0.3, -0.25) is 4.79 Å². The standard InChI is InChI=1S/C16H21NO2/c1-19-10-12-3-2-4-14(8-12)17-16(18)15-9-11-5-6-13(15)7-11/h2-4,8,11,13,15H,5-7,9-10H2,1H3,(H,17,18). The van der Waals surface area contributed by atoms with Crippen LogP contribution in [0.2, 0.25) is 0 Å². The van der Waals surface area contributed by atoms with E-state index in [-0.39, 0.29) is 11.8 Å². The zero-order valence-electron chi connectivity index (χ0n) is 11.4. The van der Waals surface area contributed by atoms with Crippen LogP contribution in [0, 0.1) is 17.8 Å². The van der Waals surface area contributed by atoms with Crippen molar-refractivity contribution in [1.82, 2.24) is 0 Å². The molecule has 3 rings (SSSR count). The summed E-state index contributed by atoms with van der Waals surface area (Å²) in [6, 6.07) is 7.92. The highest BCUT2D eigenvalue weighted by Gasteiger charge is 2.42. The van der Waals surface area contributed by atoms with E-state index >= 15 is 0 Å². The highest BCUT2D eigenvalue weighted by molar-refractivity contribution is 5.93. The monoisotopic (exact) mass is 259 g/mol. The lowest BCUT2D eigenvalue weighted by atomic mass is 9.88. The second-order valence-electron chi connectivity index (χ2n) is 5.90. The Morgan fingerprint density at radius 3 is 2.95 bits per heavy atom. The van der Waals surface area contributed by atoms with E-state index in [0.717, 1.165) is 23.6 Å². The number of nitrogens with one attached hydrogen (secondary N) is 1. The molecule has 3 heteroatoms. The molecule has 2 fully saturated rings. The molecular formula is C16H21NO2. The van der Waals surface area contributed by atoms with Gasteiger partial charge in [-0.05, 0) is 48.8 Å². The first-order valence-electron chi connectivity index (χ1n) is 7.15. The number of ether oxygens (including phenoxy) is 1. The number of amides is 1. The molecule has 0 aliphatic heterocycles. The summed E-state index contributed by atoms with van der Waals surface area (Å²) in [7, 11) is 1.68. The van der Waals surface area contributed by atoms with Crippen LogP contribution in [-0.2, 0) is 16.1 Å². The van der Waals surface area contributed by atoms with Crippen molar-refractivity contribution >= 4 is 11.6 Å². The summed E-state index contributed by atoms with van der Waals surface area (Å²) >= 11 is 0. The normalized spacial score (nSPS) is 28.6. The van der Waals surface area contributed by atoms with Crippen LogP contribution in [0.4, 0.5) is 5.69 Å². The van der Waals surface area contributed by atoms with Gasteiger partial charge in [-0.15, -0.1) is 0 Å². The number of methoxy groups -OCH3 is 1. The van der Waals surface area contributed by atoms with Crippen molar-refractivity contribution in [2.45, 2.75) is 32.3 Å². The van der Waals surface area contributed by atoms with Crippen molar-refractivity contribution in [3.05, 3.63) is 29.8 Å². The van der Waals surface area contributed by atoms with Crippen LogP contribution in [0.3, 0.4) is 0 Å². The summed E-state index contributed by atoms with van der Waals surface area (Å²) < 4.78 is 5.12. The number of benzene rings is 1. The maximum atomic E-state index is 12.3. The zero-order chi connectivity index (χ0) is 13.2. The average molecular weight is 259 g/mol. The zero-order valence-corrected chi connectivity index (χ0v) is 11.4. The van der Waals surface area contributed by atoms with Gasteiger partial charge < -0.3 is 10.1 Å². The Labute approximate surface area is 114 Å². The highest BCUT2D eigenvalue weighted by atomic mass is 16.5. The first kappa shape index (κ1) is 12.7. The number of rotatable bonds is 4. The number of hydrogen-bond donors (Lipinski definition) is 1. The van der Waals surface area contributed by atoms with Gasteiger partial charge in [0, 0.05) is 18.7 Å². The van der Waals surface area contributed by atoms with E-state index in [2.05, 4.69) is 5.32 Å². The Bertz CT molecular complexity index is 472. The first-order chi connectivity index (χ1) is 9.26. The van der Waals surface area contributed by atoms with Crippen molar-refractivity contribution in [2.75, 3.05) is 12.4 Å². The fraction of sp³-hybridized carbons (Fsp3) is 0.562. The number of hydrogen-bond acceptors (Lipinski definition) is 2. The van der Waals surface area contributed by atoms with Gasteiger partial charge in [0.25, 0.3) is 0 Å². The highest BCUT2D eigenvalue weighted by Crippen LogP contribution is 2.48. The van der Waals surface area contributed by atoms with Gasteiger partial charge in [-0.1, -0.05) is 18.6 Å². The van der Waals surface area contributed by atoms with Gasteiger partial charge in [-0.2, -0.15) is 0 Å². The van der Waals surface area contributed by atoms with Gasteiger partial charge in [0.15, 0.2) is 0 Å². The molecular weight excluding hydrogens is 238 g/mol. The quantitative estimate of drug-likeness (QED) is 0.901. The molecule has 0 spiro atoms. The molecule has 1 aromatic carbocycles. The minimum Gasteiger partial charge on any atom is -0.380 e. The molecule has 3 nitrogen and oxygen atoms in total. The van der Waals surface area contributed by atoms with Crippen molar-refractivity contribution < 1.29 is 9.53 Å². The molecule has 3 unspecified atom stereocenters. The third kappa shape index (κ3) is 2.66. The lowest BCUT2D eigenvalue weighted by Gasteiger charge is -2.20. The third-order valence-electron chi connectivity index (χ3n) is 4.58. The Morgan fingerprint density at radius 2 is 2.26 bits per heavy atom. The molecule has 102 valence electrons. The molecule has 19 heavy (non-hydrogen) atoms. The van der Waals surface area contributed by atoms with E-state index < -0.39 is 0 Å². The van der Waals surface area contributed by atoms with Gasteiger partial charge in [0.1, 0.15) is 0 Å². The number of fused-ring (bicyclic) bond motifs is 2. The summed E-state index contributed by atoms with van der Waals surface area (Å²) in [4.78, 5) is 12.3. The molecule has 1 amide bonds. The first-order valence-corrected chi connectivity index (χ1v) is 7.15. The molecule has 2 bridgehead atoms. The molecule has 0 heterocycles. The van der Waals surface area contributed by atoms with Gasteiger partial charge in [0.2, 0.25) is 5.91 Å². The van der Waals surface area contributed by atoms with Crippen molar-refractivity contribution in [3.8, 4) is 0 Å². The molecule has 2 aliphatic rings. The van der Waals surface area contributed by atoms with Gasteiger partial charge >= 0.3 is 0 Å². The van der Waals surface area contributed by atoms with Crippen LogP contribution < -0.4 is 5.32 Å². The average Bonchev–Trinajstić information content (AvgIpc) is 3.02. The minimum absolute atomic E-state index is 0.210. The Hall–Kier alpha value is -1.35. The smallest absolute Gasteiger partial charge is 0.227 e. The molecule has 1 N–H and O–H groups in total. The van der Waals surface area contributed by atoms with Crippen molar-refractivity contribution in [3.63, 3.8) is 0 Å². The topological polar surface area (TPSA) is 38.3 Å². The molecule has 2 saturated carbocycles. The predicted octanol–water partition coefficient (Wildman–Crippen LogP) is 3.21. The van der Waals surface area contributed by atoms with Crippen molar-refractivity contribution in [1.29, 1.82) is 0 Å². The fourth-order valence-electron chi connectivity index (χ4n) is 3.71. The van der Waals surface area contributed by atoms with Crippen LogP contribution >= 0.6 is 0 Å². The third-order valence-corrected chi connectivity index (χ3v) is 4.58. The Kier molecular flexibility index (Phi) is 3.56. The lowest BCUT2D eigenvalue weighted by Crippen LogP contribution is -2.27. The molecule has 0 saturated heterocycles. The van der Waals surface area contributed by atoms with E-state index in [4.69, 9.17) is 4.74 Å². The second kappa shape index (κ2) is 5.33. The predicted molar refractivity (Wildman–Crippen MR) is 74.7 cm³/mol. The largest absolute Gasteiger partial charge is 0.380 e.